The Labute approximate surface area is 98.7 Å². The fourth-order valence-corrected chi connectivity index (χ4v) is 2.37. The van der Waals surface area contributed by atoms with E-state index in [0.29, 0.717) is 0 Å². The van der Waals surface area contributed by atoms with Crippen molar-refractivity contribution in [3.63, 3.8) is 0 Å². The Morgan fingerprint density at radius 3 is 2.81 bits per heavy atom. The van der Waals surface area contributed by atoms with Crippen molar-refractivity contribution in [2.24, 2.45) is 17.1 Å². The first-order valence-corrected chi connectivity index (χ1v) is 6.10. The number of nitrogens with two attached hydrogens (primary N) is 1. The van der Waals surface area contributed by atoms with Gasteiger partial charge in [-0.25, -0.2) is 0 Å². The molecule has 0 aromatic rings. The maximum atomic E-state index is 10.7. The van der Waals surface area contributed by atoms with Gasteiger partial charge in [0.25, 0.3) is 0 Å². The average Bonchev–Trinajstić information content (AvgIpc) is 2.14. The highest BCUT2D eigenvalue weighted by atomic mass is 16.1. The van der Waals surface area contributed by atoms with Crippen LogP contribution in [0.1, 0.15) is 33.6 Å². The summed E-state index contributed by atoms with van der Waals surface area (Å²) in [4.78, 5) is 13.2. The van der Waals surface area contributed by atoms with E-state index in [4.69, 9.17) is 5.73 Å². The van der Waals surface area contributed by atoms with Crippen LogP contribution in [0, 0.1) is 11.3 Å². The maximum absolute atomic E-state index is 10.7. The maximum Gasteiger partial charge on any atom is 0.241 e. The predicted octanol–water partition coefficient (Wildman–Crippen LogP) is 1.79. The molecule has 0 saturated carbocycles. The van der Waals surface area contributed by atoms with E-state index >= 15 is 0 Å². The molecule has 0 bridgehead atoms. The van der Waals surface area contributed by atoms with E-state index in [-0.39, 0.29) is 11.3 Å². The van der Waals surface area contributed by atoms with E-state index in [1.807, 2.05) is 6.08 Å². The lowest BCUT2D eigenvalue weighted by molar-refractivity contribution is -0.113. The third-order valence-corrected chi connectivity index (χ3v) is 3.07. The zero-order valence-electron chi connectivity index (χ0n) is 10.7. The lowest BCUT2D eigenvalue weighted by Gasteiger charge is -2.35. The van der Waals surface area contributed by atoms with Crippen LogP contribution in [0.15, 0.2) is 12.2 Å². The Kier molecular flexibility index (Phi) is 4.54. The molecule has 1 amide bonds. The minimum atomic E-state index is -0.361. The van der Waals surface area contributed by atoms with Gasteiger partial charge < -0.3 is 10.6 Å². The van der Waals surface area contributed by atoms with Crippen LogP contribution in [0.3, 0.4) is 0 Å². The Balaban J connectivity index is 2.47. The summed E-state index contributed by atoms with van der Waals surface area (Å²) in [6, 6.07) is 0. The van der Waals surface area contributed by atoms with E-state index in [0.717, 1.165) is 12.5 Å². The van der Waals surface area contributed by atoms with Gasteiger partial charge in [-0.2, -0.15) is 0 Å². The normalized spacial score (nSPS) is 23.8. The number of rotatable bonds is 4. The molecule has 0 aliphatic carbocycles. The number of carbonyl (C=O) groups excluding carboxylic acids is 1. The summed E-state index contributed by atoms with van der Waals surface area (Å²) in [5.41, 5.74) is 5.14. The summed E-state index contributed by atoms with van der Waals surface area (Å²) in [5, 5.41) is 0. The molecule has 0 spiro atoms. The first-order valence-electron chi connectivity index (χ1n) is 6.10. The van der Waals surface area contributed by atoms with Crippen LogP contribution in [-0.2, 0) is 4.79 Å². The molecule has 0 aromatic carbocycles. The molecule has 1 unspecified atom stereocenters. The van der Waals surface area contributed by atoms with Gasteiger partial charge >= 0.3 is 0 Å². The molecule has 3 heteroatoms. The third kappa shape index (κ3) is 4.79. The van der Waals surface area contributed by atoms with Crippen LogP contribution in [0.5, 0.6) is 0 Å². The smallest absolute Gasteiger partial charge is 0.241 e. The van der Waals surface area contributed by atoms with Crippen molar-refractivity contribution in [1.29, 1.82) is 0 Å². The molecule has 3 nitrogen and oxygen atoms in total. The van der Waals surface area contributed by atoms with Crippen molar-refractivity contribution in [3.05, 3.63) is 12.2 Å². The second-order valence-corrected chi connectivity index (χ2v) is 5.71. The summed E-state index contributed by atoms with van der Waals surface area (Å²) in [5.74, 6) is 0.435. The van der Waals surface area contributed by atoms with Crippen molar-refractivity contribution < 1.29 is 4.79 Å². The quantitative estimate of drug-likeness (QED) is 0.740. The SMILES string of the molecule is CC1CCCN(CC(C)(C)/C=C\C(N)=O)C1. The molecule has 1 rings (SSSR count). The zero-order chi connectivity index (χ0) is 12.2. The second-order valence-electron chi connectivity index (χ2n) is 5.71. The summed E-state index contributed by atoms with van der Waals surface area (Å²) < 4.78 is 0. The van der Waals surface area contributed by atoms with Gasteiger partial charge in [-0.3, -0.25) is 4.79 Å². The van der Waals surface area contributed by atoms with Crippen molar-refractivity contribution in [3.8, 4) is 0 Å². The largest absolute Gasteiger partial charge is 0.366 e. The van der Waals surface area contributed by atoms with Gasteiger partial charge in [-0.05, 0) is 36.8 Å². The third-order valence-electron chi connectivity index (χ3n) is 3.07. The van der Waals surface area contributed by atoms with Crippen LogP contribution in [0.4, 0.5) is 0 Å². The summed E-state index contributed by atoms with van der Waals surface area (Å²) in [6.07, 6.45) is 6.03. The van der Waals surface area contributed by atoms with E-state index in [9.17, 15) is 4.79 Å². The highest BCUT2D eigenvalue weighted by molar-refractivity contribution is 5.85. The van der Waals surface area contributed by atoms with Gasteiger partial charge in [0.2, 0.25) is 5.91 Å². The predicted molar refractivity (Wildman–Crippen MR) is 67.0 cm³/mol. The van der Waals surface area contributed by atoms with E-state index < -0.39 is 0 Å². The van der Waals surface area contributed by atoms with Crippen molar-refractivity contribution in [1.82, 2.24) is 4.90 Å². The number of hydrogen-bond acceptors (Lipinski definition) is 2. The molecule has 0 radical (unpaired) electrons. The molecule has 0 aromatic heterocycles. The molecule has 1 aliphatic rings. The minimum Gasteiger partial charge on any atom is -0.366 e. The standard InChI is InChI=1S/C13H24N2O/c1-11-5-4-8-15(9-11)10-13(2,3)7-6-12(14)16/h6-7,11H,4-5,8-10H2,1-3H3,(H2,14,16)/b7-6-. The van der Waals surface area contributed by atoms with Gasteiger partial charge in [0.1, 0.15) is 0 Å². The Bertz CT molecular complexity index is 271. The fourth-order valence-electron chi connectivity index (χ4n) is 2.37. The first-order chi connectivity index (χ1) is 7.39. The lowest BCUT2D eigenvalue weighted by Crippen LogP contribution is -2.40. The highest BCUT2D eigenvalue weighted by Crippen LogP contribution is 2.23. The molecule has 2 N–H and O–H groups in total. The Morgan fingerprint density at radius 1 is 1.56 bits per heavy atom. The van der Waals surface area contributed by atoms with Crippen LogP contribution in [0.25, 0.3) is 0 Å². The number of primary amides is 1. The number of piperidine rings is 1. The Morgan fingerprint density at radius 2 is 2.25 bits per heavy atom. The molecule has 16 heavy (non-hydrogen) atoms. The van der Waals surface area contributed by atoms with E-state index in [2.05, 4.69) is 25.7 Å². The molecular weight excluding hydrogens is 200 g/mol. The van der Waals surface area contributed by atoms with Crippen LogP contribution in [0.2, 0.25) is 0 Å². The number of amides is 1. The molecule has 1 saturated heterocycles. The van der Waals surface area contributed by atoms with Crippen molar-refractivity contribution in [2.45, 2.75) is 33.6 Å². The fraction of sp³-hybridized carbons (Fsp3) is 0.769. The molecule has 1 aliphatic heterocycles. The van der Waals surface area contributed by atoms with E-state index in [1.165, 1.54) is 32.0 Å². The minimum absolute atomic E-state index is 0.0199. The molecule has 92 valence electrons. The monoisotopic (exact) mass is 224 g/mol. The summed E-state index contributed by atoms with van der Waals surface area (Å²) in [7, 11) is 0. The number of likely N-dealkylation sites (tertiary alicyclic amines) is 1. The van der Waals surface area contributed by atoms with Crippen molar-refractivity contribution >= 4 is 5.91 Å². The summed E-state index contributed by atoms with van der Waals surface area (Å²) >= 11 is 0. The lowest BCUT2D eigenvalue weighted by atomic mass is 9.90. The van der Waals surface area contributed by atoms with Crippen LogP contribution in [-0.4, -0.2) is 30.4 Å². The molecular formula is C13H24N2O. The second kappa shape index (κ2) is 5.48. The van der Waals surface area contributed by atoms with Gasteiger partial charge in [0.15, 0.2) is 0 Å². The summed E-state index contributed by atoms with van der Waals surface area (Å²) in [6.45, 7) is 9.95. The zero-order valence-corrected chi connectivity index (χ0v) is 10.7. The van der Waals surface area contributed by atoms with Crippen LogP contribution < -0.4 is 5.73 Å². The topological polar surface area (TPSA) is 46.3 Å². The number of nitrogens with zero attached hydrogens (tertiary/aromatic N) is 1. The van der Waals surface area contributed by atoms with Gasteiger partial charge in [0, 0.05) is 13.1 Å². The number of hydrogen-bond donors (Lipinski definition) is 1. The van der Waals surface area contributed by atoms with Crippen molar-refractivity contribution in [2.75, 3.05) is 19.6 Å². The highest BCUT2D eigenvalue weighted by Gasteiger charge is 2.22. The van der Waals surface area contributed by atoms with Gasteiger partial charge in [-0.15, -0.1) is 0 Å². The molecule has 1 heterocycles. The number of carbonyl (C=O) groups is 1. The Hall–Kier alpha value is -0.830. The van der Waals surface area contributed by atoms with Gasteiger partial charge in [0.05, 0.1) is 0 Å². The van der Waals surface area contributed by atoms with Crippen LogP contribution >= 0.6 is 0 Å². The molecule has 1 fully saturated rings. The average molecular weight is 224 g/mol. The van der Waals surface area contributed by atoms with Gasteiger partial charge in [-0.1, -0.05) is 26.8 Å². The van der Waals surface area contributed by atoms with E-state index in [1.54, 1.807) is 0 Å². The first kappa shape index (κ1) is 13.2. The molecule has 1 atom stereocenters.